The Balaban J connectivity index is 1.91. The fourth-order valence-electron chi connectivity index (χ4n) is 2.86. The molecule has 0 radical (unpaired) electrons. The van der Waals surface area contributed by atoms with Crippen molar-refractivity contribution in [1.29, 1.82) is 0 Å². The van der Waals surface area contributed by atoms with Crippen molar-refractivity contribution in [1.82, 2.24) is 20.2 Å². The maximum Gasteiger partial charge on any atom is 0.266 e. The van der Waals surface area contributed by atoms with Crippen LogP contribution in [0.4, 0.5) is 0 Å². The van der Waals surface area contributed by atoms with E-state index in [1.807, 2.05) is 30.2 Å². The molecule has 1 atom stereocenters. The highest BCUT2D eigenvalue weighted by molar-refractivity contribution is 7.14. The lowest BCUT2D eigenvalue weighted by Crippen LogP contribution is -2.48. The first-order valence-electron chi connectivity index (χ1n) is 8.27. The number of aromatic nitrogens is 2. The highest BCUT2D eigenvalue weighted by Gasteiger charge is 2.32. The monoisotopic (exact) mass is 344 g/mol. The van der Waals surface area contributed by atoms with Crippen molar-refractivity contribution < 1.29 is 4.79 Å². The van der Waals surface area contributed by atoms with Crippen LogP contribution in [0.2, 0.25) is 0 Å². The molecule has 1 aliphatic rings. The van der Waals surface area contributed by atoms with Gasteiger partial charge in [-0.15, -0.1) is 11.3 Å². The van der Waals surface area contributed by atoms with Crippen molar-refractivity contribution in [3.8, 4) is 0 Å². The standard InChI is InChI=1S/C18H24N4OS/c1-12-15(24-17(21-12)18(2,3)4)16(23)22-9-8-20-11-14(22)13-6-5-7-19-10-13/h5-7,10,14,20H,8-9,11H2,1-4H3. The van der Waals surface area contributed by atoms with Gasteiger partial charge in [0.15, 0.2) is 0 Å². The maximum atomic E-state index is 13.2. The Kier molecular flexibility index (Phi) is 4.69. The summed E-state index contributed by atoms with van der Waals surface area (Å²) in [6.45, 7) is 10.6. The number of carbonyl (C=O) groups excluding carboxylic acids is 1. The summed E-state index contributed by atoms with van der Waals surface area (Å²) in [4.78, 5) is 24.8. The van der Waals surface area contributed by atoms with Gasteiger partial charge in [0.1, 0.15) is 4.88 Å². The molecule has 6 heteroatoms. The minimum Gasteiger partial charge on any atom is -0.328 e. The van der Waals surface area contributed by atoms with Crippen molar-refractivity contribution in [2.24, 2.45) is 0 Å². The van der Waals surface area contributed by atoms with Gasteiger partial charge in [0, 0.05) is 37.4 Å². The third kappa shape index (κ3) is 3.35. The number of piperazine rings is 1. The lowest BCUT2D eigenvalue weighted by molar-refractivity contribution is 0.0638. The van der Waals surface area contributed by atoms with Crippen LogP contribution >= 0.6 is 11.3 Å². The predicted octanol–water partition coefficient (Wildman–Crippen LogP) is 2.93. The third-order valence-corrected chi connectivity index (χ3v) is 5.78. The van der Waals surface area contributed by atoms with Crippen LogP contribution in [0.3, 0.4) is 0 Å². The molecule has 2 aromatic heterocycles. The van der Waals surface area contributed by atoms with Crippen molar-refractivity contribution >= 4 is 17.2 Å². The minimum absolute atomic E-state index is 0.0135. The lowest BCUT2D eigenvalue weighted by Gasteiger charge is -2.36. The highest BCUT2D eigenvalue weighted by atomic mass is 32.1. The fourth-order valence-corrected chi connectivity index (χ4v) is 3.94. The molecular formula is C18H24N4OS. The zero-order chi connectivity index (χ0) is 17.3. The molecule has 2 aromatic rings. The molecular weight excluding hydrogens is 320 g/mol. The molecule has 0 spiro atoms. The number of hydrogen-bond donors (Lipinski definition) is 1. The Bertz CT molecular complexity index is 720. The quantitative estimate of drug-likeness (QED) is 0.910. The summed E-state index contributed by atoms with van der Waals surface area (Å²) in [5.74, 6) is 0.0795. The average Bonchev–Trinajstić information content (AvgIpc) is 2.97. The van der Waals surface area contributed by atoms with Gasteiger partial charge in [0.05, 0.1) is 16.7 Å². The van der Waals surface area contributed by atoms with Gasteiger partial charge >= 0.3 is 0 Å². The second-order valence-electron chi connectivity index (χ2n) is 7.19. The second-order valence-corrected chi connectivity index (χ2v) is 8.19. The van der Waals surface area contributed by atoms with E-state index in [4.69, 9.17) is 0 Å². The summed E-state index contributed by atoms with van der Waals surface area (Å²) in [6.07, 6.45) is 3.60. The molecule has 24 heavy (non-hydrogen) atoms. The number of hydrogen-bond acceptors (Lipinski definition) is 5. The molecule has 0 aromatic carbocycles. The van der Waals surface area contributed by atoms with Gasteiger partial charge in [-0.3, -0.25) is 9.78 Å². The van der Waals surface area contributed by atoms with Crippen LogP contribution in [-0.4, -0.2) is 40.4 Å². The van der Waals surface area contributed by atoms with E-state index in [1.165, 1.54) is 11.3 Å². The van der Waals surface area contributed by atoms with E-state index in [0.29, 0.717) is 6.54 Å². The van der Waals surface area contributed by atoms with Crippen molar-refractivity contribution in [3.63, 3.8) is 0 Å². The zero-order valence-electron chi connectivity index (χ0n) is 14.7. The molecule has 5 nitrogen and oxygen atoms in total. The Labute approximate surface area is 147 Å². The van der Waals surface area contributed by atoms with Gasteiger partial charge in [-0.1, -0.05) is 26.8 Å². The first-order valence-corrected chi connectivity index (χ1v) is 9.09. The Hall–Kier alpha value is -1.79. The molecule has 1 saturated heterocycles. The summed E-state index contributed by atoms with van der Waals surface area (Å²) in [5.41, 5.74) is 1.86. The second kappa shape index (κ2) is 6.61. The molecule has 1 N–H and O–H groups in total. The smallest absolute Gasteiger partial charge is 0.266 e. The number of rotatable bonds is 2. The van der Waals surface area contributed by atoms with Crippen LogP contribution < -0.4 is 5.32 Å². The normalized spacial score (nSPS) is 18.7. The molecule has 3 rings (SSSR count). The van der Waals surface area contributed by atoms with Crippen molar-refractivity contribution in [2.75, 3.05) is 19.6 Å². The van der Waals surface area contributed by atoms with Gasteiger partial charge < -0.3 is 10.2 Å². The van der Waals surface area contributed by atoms with Crippen molar-refractivity contribution in [3.05, 3.63) is 45.7 Å². The Morgan fingerprint density at radius 3 is 2.83 bits per heavy atom. The molecule has 128 valence electrons. The van der Waals surface area contributed by atoms with E-state index in [2.05, 4.69) is 36.1 Å². The largest absolute Gasteiger partial charge is 0.328 e. The average molecular weight is 344 g/mol. The van der Waals surface area contributed by atoms with Gasteiger partial charge in [0.25, 0.3) is 5.91 Å². The number of carbonyl (C=O) groups is 1. The van der Waals surface area contributed by atoms with Gasteiger partial charge in [0.2, 0.25) is 0 Å². The van der Waals surface area contributed by atoms with Crippen LogP contribution in [0, 0.1) is 6.92 Å². The lowest BCUT2D eigenvalue weighted by atomic mass is 9.98. The predicted molar refractivity (Wildman–Crippen MR) is 96.4 cm³/mol. The first kappa shape index (κ1) is 17.0. The number of aryl methyl sites for hydroxylation is 1. The molecule has 3 heterocycles. The molecule has 0 aliphatic carbocycles. The van der Waals surface area contributed by atoms with Crippen LogP contribution in [0.1, 0.15) is 52.7 Å². The Morgan fingerprint density at radius 1 is 1.42 bits per heavy atom. The SMILES string of the molecule is Cc1nc(C(C)(C)C)sc1C(=O)N1CCNCC1c1cccnc1. The summed E-state index contributed by atoms with van der Waals surface area (Å²) in [5, 5.41) is 4.39. The van der Waals surface area contributed by atoms with Crippen molar-refractivity contribution in [2.45, 2.75) is 39.2 Å². The minimum atomic E-state index is -0.0415. The van der Waals surface area contributed by atoms with Crippen LogP contribution in [0.25, 0.3) is 0 Å². The molecule has 0 bridgehead atoms. The van der Waals surface area contributed by atoms with Gasteiger partial charge in [-0.2, -0.15) is 0 Å². The van der Waals surface area contributed by atoms with E-state index in [1.54, 1.807) is 6.20 Å². The Morgan fingerprint density at radius 2 is 2.21 bits per heavy atom. The number of nitrogens with zero attached hydrogens (tertiary/aromatic N) is 3. The van der Waals surface area contributed by atoms with Crippen LogP contribution in [0.15, 0.2) is 24.5 Å². The number of pyridine rings is 1. The molecule has 1 amide bonds. The van der Waals surface area contributed by atoms with E-state index in [9.17, 15) is 4.79 Å². The van der Waals surface area contributed by atoms with Crippen LogP contribution in [-0.2, 0) is 5.41 Å². The first-order chi connectivity index (χ1) is 11.4. The van der Waals surface area contributed by atoms with E-state index < -0.39 is 0 Å². The third-order valence-electron chi connectivity index (χ3n) is 4.21. The number of thiazole rings is 1. The van der Waals surface area contributed by atoms with Gasteiger partial charge in [-0.05, 0) is 18.6 Å². The fraction of sp³-hybridized carbons (Fsp3) is 0.500. The molecule has 1 aliphatic heterocycles. The summed E-state index contributed by atoms with van der Waals surface area (Å²) >= 11 is 1.53. The topological polar surface area (TPSA) is 58.1 Å². The van der Waals surface area contributed by atoms with Crippen LogP contribution in [0.5, 0.6) is 0 Å². The summed E-state index contributed by atoms with van der Waals surface area (Å²) < 4.78 is 0. The number of amides is 1. The van der Waals surface area contributed by atoms with E-state index in [-0.39, 0.29) is 17.4 Å². The molecule has 0 saturated carbocycles. The van der Waals surface area contributed by atoms with E-state index >= 15 is 0 Å². The molecule has 1 unspecified atom stereocenters. The zero-order valence-corrected chi connectivity index (χ0v) is 15.5. The summed E-state index contributed by atoms with van der Waals surface area (Å²) in [6, 6.07) is 3.97. The highest BCUT2D eigenvalue weighted by Crippen LogP contribution is 2.32. The van der Waals surface area contributed by atoms with Gasteiger partial charge in [-0.25, -0.2) is 4.98 Å². The summed E-state index contributed by atoms with van der Waals surface area (Å²) in [7, 11) is 0. The maximum absolute atomic E-state index is 13.2. The van der Waals surface area contributed by atoms with E-state index in [0.717, 1.165) is 34.2 Å². The molecule has 1 fully saturated rings. The number of nitrogens with one attached hydrogen (secondary N) is 1.